The molecule has 0 atom stereocenters. The number of hydrogen-bond acceptors (Lipinski definition) is 3. The quantitative estimate of drug-likeness (QED) is 0.583. The molecule has 0 aromatic carbocycles. The number of nitrogens with one attached hydrogen (secondary N) is 1. The zero-order valence-corrected chi connectivity index (χ0v) is 9.79. The Labute approximate surface area is 101 Å². The second-order valence-electron chi connectivity index (χ2n) is 4.17. The van der Waals surface area contributed by atoms with Crippen LogP contribution in [-0.2, 0) is 6.54 Å². The number of halogens is 1. The highest BCUT2D eigenvalue weighted by Gasteiger charge is 2.21. The van der Waals surface area contributed by atoms with Crippen molar-refractivity contribution in [3.8, 4) is 5.88 Å². The van der Waals surface area contributed by atoms with E-state index in [1.807, 2.05) is 0 Å². The Morgan fingerprint density at radius 1 is 1.59 bits per heavy atom. The first-order valence-corrected chi connectivity index (χ1v) is 5.91. The van der Waals surface area contributed by atoms with Crippen LogP contribution in [0.1, 0.15) is 24.8 Å². The zero-order chi connectivity index (χ0) is 12.1. The van der Waals surface area contributed by atoms with Crippen molar-refractivity contribution in [2.75, 3.05) is 6.61 Å². The number of aromatic nitrogens is 1. The number of pyridine rings is 1. The predicted molar refractivity (Wildman–Crippen MR) is 64.4 cm³/mol. The molecule has 4 heteroatoms. The molecule has 3 nitrogen and oxygen atoms in total. The van der Waals surface area contributed by atoms with Crippen LogP contribution in [0, 0.1) is 5.82 Å². The van der Waals surface area contributed by atoms with E-state index in [0.29, 0.717) is 31.2 Å². The van der Waals surface area contributed by atoms with E-state index in [-0.39, 0.29) is 11.7 Å². The molecule has 92 valence electrons. The first kappa shape index (κ1) is 12.0. The molecule has 1 aliphatic carbocycles. The summed E-state index contributed by atoms with van der Waals surface area (Å²) < 4.78 is 19.2. The molecule has 0 saturated heterocycles. The lowest BCUT2D eigenvalue weighted by Gasteiger charge is -2.08. The second-order valence-corrected chi connectivity index (χ2v) is 4.17. The summed E-state index contributed by atoms with van der Waals surface area (Å²) in [6.07, 6.45) is 6.38. The zero-order valence-electron chi connectivity index (χ0n) is 9.79. The van der Waals surface area contributed by atoms with Crippen LogP contribution in [0.15, 0.2) is 24.9 Å². The van der Waals surface area contributed by atoms with Gasteiger partial charge in [0, 0.05) is 24.3 Å². The van der Waals surface area contributed by atoms with Gasteiger partial charge < -0.3 is 10.1 Å². The van der Waals surface area contributed by atoms with Crippen molar-refractivity contribution in [2.24, 2.45) is 0 Å². The van der Waals surface area contributed by atoms with Gasteiger partial charge in [-0.25, -0.2) is 9.37 Å². The number of nitrogens with zero attached hydrogens (tertiary/aromatic N) is 1. The average Bonchev–Trinajstić information content (AvgIpc) is 3.14. The molecule has 0 bridgehead atoms. The van der Waals surface area contributed by atoms with Crippen LogP contribution >= 0.6 is 0 Å². The molecule has 17 heavy (non-hydrogen) atoms. The van der Waals surface area contributed by atoms with Crippen LogP contribution < -0.4 is 10.1 Å². The van der Waals surface area contributed by atoms with Crippen molar-refractivity contribution in [3.05, 3.63) is 36.3 Å². The van der Waals surface area contributed by atoms with Crippen molar-refractivity contribution >= 4 is 0 Å². The molecular weight excluding hydrogens is 219 g/mol. The lowest BCUT2D eigenvalue weighted by molar-refractivity contribution is 0.293. The van der Waals surface area contributed by atoms with Crippen LogP contribution in [0.4, 0.5) is 4.39 Å². The Hall–Kier alpha value is -1.42. The van der Waals surface area contributed by atoms with E-state index in [0.717, 1.165) is 0 Å². The van der Waals surface area contributed by atoms with Crippen LogP contribution in [0.2, 0.25) is 0 Å². The minimum absolute atomic E-state index is 0.0851. The van der Waals surface area contributed by atoms with Crippen LogP contribution in [-0.4, -0.2) is 17.6 Å². The molecule has 0 unspecified atom stereocenters. The smallest absolute Gasteiger partial charge is 0.250 e. The second kappa shape index (κ2) is 5.77. The first-order valence-electron chi connectivity index (χ1n) is 5.91. The average molecular weight is 236 g/mol. The number of rotatable bonds is 7. The summed E-state index contributed by atoms with van der Waals surface area (Å²) in [5, 5.41) is 3.27. The summed E-state index contributed by atoms with van der Waals surface area (Å²) in [6.45, 7) is 4.53. The van der Waals surface area contributed by atoms with Crippen LogP contribution in [0.3, 0.4) is 0 Å². The Bertz CT molecular complexity index is 391. The highest BCUT2D eigenvalue weighted by Crippen LogP contribution is 2.21. The third kappa shape index (κ3) is 3.53. The van der Waals surface area contributed by atoms with E-state index in [2.05, 4.69) is 16.9 Å². The highest BCUT2D eigenvalue weighted by atomic mass is 19.1. The van der Waals surface area contributed by atoms with E-state index in [9.17, 15) is 4.39 Å². The van der Waals surface area contributed by atoms with Gasteiger partial charge in [0.2, 0.25) is 0 Å². The van der Waals surface area contributed by atoms with E-state index in [1.54, 1.807) is 18.3 Å². The predicted octanol–water partition coefficient (Wildman–Crippen LogP) is 2.43. The standard InChI is InChI=1S/C13H17FN2O/c1-2-3-8-17-13-12(14)10(6-7-15-13)9-16-11-4-5-11/h2,6-7,11,16H,1,3-5,8-9H2. The summed E-state index contributed by atoms with van der Waals surface area (Å²) in [6, 6.07) is 2.25. The van der Waals surface area contributed by atoms with Gasteiger partial charge >= 0.3 is 0 Å². The summed E-state index contributed by atoms with van der Waals surface area (Å²) >= 11 is 0. The van der Waals surface area contributed by atoms with Gasteiger partial charge in [-0.05, 0) is 25.3 Å². The Balaban J connectivity index is 1.95. The fourth-order valence-electron chi connectivity index (χ4n) is 1.48. The minimum atomic E-state index is -0.357. The van der Waals surface area contributed by atoms with Crippen molar-refractivity contribution in [3.63, 3.8) is 0 Å². The largest absolute Gasteiger partial charge is 0.475 e. The van der Waals surface area contributed by atoms with Crippen LogP contribution in [0.25, 0.3) is 0 Å². The van der Waals surface area contributed by atoms with Gasteiger partial charge in [-0.1, -0.05) is 6.08 Å². The van der Waals surface area contributed by atoms with Gasteiger partial charge in [-0.3, -0.25) is 0 Å². The molecule has 0 spiro atoms. The summed E-state index contributed by atoms with van der Waals surface area (Å²) in [4.78, 5) is 3.89. The summed E-state index contributed by atoms with van der Waals surface area (Å²) in [7, 11) is 0. The topological polar surface area (TPSA) is 34.1 Å². The third-order valence-electron chi connectivity index (χ3n) is 2.66. The van der Waals surface area contributed by atoms with Crippen LogP contribution in [0.5, 0.6) is 5.88 Å². The molecular formula is C13H17FN2O. The number of ether oxygens (including phenoxy) is 1. The molecule has 1 N–H and O–H groups in total. The molecule has 1 fully saturated rings. The minimum Gasteiger partial charge on any atom is -0.475 e. The maximum atomic E-state index is 13.9. The van der Waals surface area contributed by atoms with Gasteiger partial charge in [0.15, 0.2) is 5.82 Å². The van der Waals surface area contributed by atoms with E-state index in [4.69, 9.17) is 4.74 Å². The van der Waals surface area contributed by atoms with E-state index < -0.39 is 0 Å². The van der Waals surface area contributed by atoms with Gasteiger partial charge in [-0.15, -0.1) is 6.58 Å². The highest BCUT2D eigenvalue weighted by molar-refractivity contribution is 5.23. The fraction of sp³-hybridized carbons (Fsp3) is 0.462. The van der Waals surface area contributed by atoms with Crippen molar-refractivity contribution < 1.29 is 9.13 Å². The van der Waals surface area contributed by atoms with E-state index >= 15 is 0 Å². The molecule has 0 radical (unpaired) electrons. The Morgan fingerprint density at radius 2 is 2.41 bits per heavy atom. The maximum Gasteiger partial charge on any atom is 0.250 e. The Kier molecular flexibility index (Phi) is 4.09. The van der Waals surface area contributed by atoms with Gasteiger partial charge in [0.05, 0.1) is 6.61 Å². The number of hydrogen-bond donors (Lipinski definition) is 1. The summed E-state index contributed by atoms with van der Waals surface area (Å²) in [5.41, 5.74) is 0.612. The van der Waals surface area contributed by atoms with Gasteiger partial charge in [-0.2, -0.15) is 0 Å². The Morgan fingerprint density at radius 3 is 3.12 bits per heavy atom. The molecule has 2 rings (SSSR count). The fourth-order valence-corrected chi connectivity index (χ4v) is 1.48. The molecule has 1 aromatic heterocycles. The normalized spacial score (nSPS) is 14.6. The monoisotopic (exact) mass is 236 g/mol. The lowest BCUT2D eigenvalue weighted by atomic mass is 10.2. The molecule has 1 heterocycles. The molecule has 1 aromatic rings. The SMILES string of the molecule is C=CCCOc1nccc(CNC2CC2)c1F. The molecule has 0 amide bonds. The maximum absolute atomic E-state index is 13.9. The third-order valence-corrected chi connectivity index (χ3v) is 2.66. The summed E-state index contributed by atoms with van der Waals surface area (Å²) in [5.74, 6) is -0.272. The molecule has 0 aliphatic heterocycles. The van der Waals surface area contributed by atoms with Crippen molar-refractivity contribution in [1.82, 2.24) is 10.3 Å². The lowest BCUT2D eigenvalue weighted by Crippen LogP contribution is -2.16. The molecule has 1 aliphatic rings. The van der Waals surface area contributed by atoms with E-state index in [1.165, 1.54) is 12.8 Å². The van der Waals surface area contributed by atoms with Gasteiger partial charge in [0.1, 0.15) is 0 Å². The molecule has 1 saturated carbocycles. The van der Waals surface area contributed by atoms with Gasteiger partial charge in [0.25, 0.3) is 5.88 Å². The first-order chi connectivity index (χ1) is 8.31. The van der Waals surface area contributed by atoms with Crippen molar-refractivity contribution in [2.45, 2.75) is 31.8 Å². The van der Waals surface area contributed by atoms with Crippen molar-refractivity contribution in [1.29, 1.82) is 0 Å².